The highest BCUT2D eigenvalue weighted by atomic mass is 35.5. The molecule has 0 aliphatic carbocycles. The number of aromatic nitrogens is 2. The van der Waals surface area contributed by atoms with Gasteiger partial charge in [-0.15, -0.1) is 0 Å². The van der Waals surface area contributed by atoms with Crippen LogP contribution in [0.25, 0.3) is 0 Å². The minimum atomic E-state index is -0.838. The van der Waals surface area contributed by atoms with Gasteiger partial charge in [-0.25, -0.2) is 4.99 Å². The van der Waals surface area contributed by atoms with E-state index in [0.29, 0.717) is 11.3 Å². The Labute approximate surface area is 157 Å². The number of methoxy groups -OCH3 is 1. The third kappa shape index (κ3) is 3.16. The summed E-state index contributed by atoms with van der Waals surface area (Å²) in [5, 5.41) is 10.1. The molecule has 1 atom stereocenters. The second-order valence-corrected chi connectivity index (χ2v) is 5.69. The van der Waals surface area contributed by atoms with Crippen LogP contribution in [0.2, 0.25) is 5.28 Å². The normalized spacial score (nSPS) is 16.3. The molecular weight excluding hydrogens is 383 g/mol. The van der Waals surface area contributed by atoms with Crippen LogP contribution >= 0.6 is 23.2 Å². The van der Waals surface area contributed by atoms with Gasteiger partial charge < -0.3 is 20.3 Å². The van der Waals surface area contributed by atoms with E-state index in [4.69, 9.17) is 38.4 Å². The molecule has 1 aromatic heterocycles. The number of halogens is 2. The summed E-state index contributed by atoms with van der Waals surface area (Å²) in [6.45, 7) is 0. The molecule has 0 saturated carbocycles. The average molecular weight is 395 g/mol. The third-order valence-electron chi connectivity index (χ3n) is 3.75. The molecule has 0 bridgehead atoms. The molecule has 0 radical (unpaired) electrons. The number of carbonyl (C=O) groups excluding carboxylic acids is 1. The molecule has 2 heterocycles. The number of primary amides is 1. The van der Waals surface area contributed by atoms with Crippen molar-refractivity contribution in [2.45, 2.75) is 5.92 Å². The van der Waals surface area contributed by atoms with Crippen molar-refractivity contribution in [3.8, 4) is 17.5 Å². The zero-order chi connectivity index (χ0) is 18.8. The molecule has 0 fully saturated rings. The molecule has 1 unspecified atom stereocenters. The van der Waals surface area contributed by atoms with E-state index in [1.54, 1.807) is 24.3 Å². The smallest absolute Gasteiger partial charge is 0.251 e. The number of hydrogen-bond donors (Lipinski definition) is 2. The van der Waals surface area contributed by atoms with Gasteiger partial charge in [0, 0.05) is 0 Å². The lowest BCUT2D eigenvalue weighted by atomic mass is 9.84. The number of rotatable bonds is 4. The summed E-state index contributed by atoms with van der Waals surface area (Å²) in [4.78, 5) is 23.7. The van der Waals surface area contributed by atoms with Gasteiger partial charge in [0.1, 0.15) is 5.75 Å². The van der Waals surface area contributed by atoms with Gasteiger partial charge in [-0.1, -0.05) is 23.7 Å². The molecule has 1 aromatic carbocycles. The molecular formula is C16H12Cl2N4O4. The summed E-state index contributed by atoms with van der Waals surface area (Å²) in [6.07, 6.45) is 0. The summed E-state index contributed by atoms with van der Waals surface area (Å²) in [5.41, 5.74) is 7.20. The molecule has 1 amide bonds. The number of aromatic hydroxyl groups is 1. The van der Waals surface area contributed by atoms with Crippen LogP contribution in [0.5, 0.6) is 17.5 Å². The predicted octanol–water partition coefficient (Wildman–Crippen LogP) is 2.33. The van der Waals surface area contributed by atoms with Crippen LogP contribution in [0.4, 0.5) is 0 Å². The van der Waals surface area contributed by atoms with E-state index >= 15 is 0 Å². The van der Waals surface area contributed by atoms with Crippen LogP contribution in [0.15, 0.2) is 40.7 Å². The van der Waals surface area contributed by atoms with Gasteiger partial charge in [0.15, 0.2) is 0 Å². The number of hydrogen-bond acceptors (Lipinski definition) is 7. The van der Waals surface area contributed by atoms with Gasteiger partial charge in [0.05, 0.1) is 29.8 Å². The Bertz CT molecular complexity index is 929. The number of amides is 1. The Hall–Kier alpha value is -2.84. The molecule has 0 spiro atoms. The maximum atomic E-state index is 12.1. The zero-order valence-electron chi connectivity index (χ0n) is 13.3. The minimum absolute atomic E-state index is 0.0132. The highest BCUT2D eigenvalue weighted by Gasteiger charge is 2.38. The summed E-state index contributed by atoms with van der Waals surface area (Å²) in [7, 11) is 1.53. The second kappa shape index (κ2) is 7.19. The molecule has 3 N–H and O–H groups in total. The van der Waals surface area contributed by atoms with Crippen molar-refractivity contribution in [2.24, 2.45) is 10.7 Å². The van der Waals surface area contributed by atoms with E-state index in [1.807, 2.05) is 0 Å². The average Bonchev–Trinajstić information content (AvgIpc) is 2.60. The summed E-state index contributed by atoms with van der Waals surface area (Å²) in [5.74, 6) is -1.66. The maximum Gasteiger partial charge on any atom is 0.251 e. The topological polar surface area (TPSA) is 120 Å². The molecule has 3 rings (SSSR count). The van der Waals surface area contributed by atoms with Gasteiger partial charge >= 0.3 is 0 Å². The SMILES string of the molecule is COc1ccc(C2C(C(N)=O)=C(/N=C/Cl)Oc3nc(Cl)nc(O)c32)cc1. The van der Waals surface area contributed by atoms with E-state index in [1.165, 1.54) is 7.11 Å². The van der Waals surface area contributed by atoms with Gasteiger partial charge in [0.25, 0.3) is 5.91 Å². The Morgan fingerprint density at radius 1 is 1.38 bits per heavy atom. The largest absolute Gasteiger partial charge is 0.497 e. The van der Waals surface area contributed by atoms with Gasteiger partial charge in [-0.05, 0) is 29.3 Å². The molecule has 26 heavy (non-hydrogen) atoms. The Morgan fingerprint density at radius 3 is 2.65 bits per heavy atom. The minimum Gasteiger partial charge on any atom is -0.497 e. The molecule has 1 aliphatic heterocycles. The predicted molar refractivity (Wildman–Crippen MR) is 94.7 cm³/mol. The Balaban J connectivity index is 2.29. The number of ether oxygens (including phenoxy) is 2. The van der Waals surface area contributed by atoms with Crippen molar-refractivity contribution in [1.82, 2.24) is 9.97 Å². The second-order valence-electron chi connectivity index (χ2n) is 5.15. The quantitative estimate of drug-likeness (QED) is 0.606. The van der Waals surface area contributed by atoms with Gasteiger partial charge in [-0.2, -0.15) is 9.97 Å². The standard InChI is InChI=1S/C16H12Cl2N4O4/c1-25-8-4-2-7(3-5-8)9-10(12(19)23)14(20-6-17)26-15-11(9)13(24)21-16(18)22-15/h2-6,9H,1H3,(H2,19,23)(H,21,22,24)/b20-6+. The number of fused-ring (bicyclic) bond motifs is 1. The number of nitrogens with two attached hydrogens (primary N) is 1. The van der Waals surface area contributed by atoms with Crippen LogP contribution in [0.1, 0.15) is 17.0 Å². The number of carbonyl (C=O) groups is 1. The lowest BCUT2D eigenvalue weighted by Gasteiger charge is -2.27. The Kier molecular flexibility index (Phi) is 4.97. The molecule has 1 aliphatic rings. The van der Waals surface area contributed by atoms with Crippen LogP contribution in [0, 0.1) is 0 Å². The van der Waals surface area contributed by atoms with Crippen LogP contribution in [-0.4, -0.2) is 33.8 Å². The summed E-state index contributed by atoms with van der Waals surface area (Å²) >= 11 is 11.3. The van der Waals surface area contributed by atoms with Crippen LogP contribution < -0.4 is 15.2 Å². The fourth-order valence-electron chi connectivity index (χ4n) is 2.67. The lowest BCUT2D eigenvalue weighted by Crippen LogP contribution is -2.27. The maximum absolute atomic E-state index is 12.1. The lowest BCUT2D eigenvalue weighted by molar-refractivity contribution is -0.115. The molecule has 134 valence electrons. The molecule has 0 saturated heterocycles. The van der Waals surface area contributed by atoms with Crippen molar-refractivity contribution in [1.29, 1.82) is 0 Å². The number of nitrogens with zero attached hydrogens (tertiary/aromatic N) is 3. The van der Waals surface area contributed by atoms with E-state index < -0.39 is 17.7 Å². The Morgan fingerprint density at radius 2 is 2.08 bits per heavy atom. The van der Waals surface area contributed by atoms with Crippen LogP contribution in [-0.2, 0) is 4.79 Å². The first-order chi connectivity index (χ1) is 12.5. The monoisotopic (exact) mass is 394 g/mol. The molecule has 10 heteroatoms. The van der Waals surface area contributed by atoms with Crippen molar-refractivity contribution in [3.63, 3.8) is 0 Å². The zero-order valence-corrected chi connectivity index (χ0v) is 14.8. The first-order valence-corrected chi connectivity index (χ1v) is 8.02. The van der Waals surface area contributed by atoms with Crippen molar-refractivity contribution in [3.05, 3.63) is 52.1 Å². The van der Waals surface area contributed by atoms with E-state index in [9.17, 15) is 9.90 Å². The fraction of sp³-hybridized carbons (Fsp3) is 0.125. The first-order valence-electron chi connectivity index (χ1n) is 7.21. The van der Waals surface area contributed by atoms with Crippen molar-refractivity contribution in [2.75, 3.05) is 7.11 Å². The highest BCUT2D eigenvalue weighted by Crippen LogP contribution is 2.46. The van der Waals surface area contributed by atoms with Crippen LogP contribution in [0.3, 0.4) is 0 Å². The molecule has 2 aromatic rings. The number of benzene rings is 1. The van der Waals surface area contributed by atoms with E-state index in [-0.39, 0.29) is 28.2 Å². The summed E-state index contributed by atoms with van der Waals surface area (Å²) < 4.78 is 10.6. The van der Waals surface area contributed by atoms with E-state index in [0.717, 1.165) is 5.67 Å². The van der Waals surface area contributed by atoms with Crippen molar-refractivity contribution < 1.29 is 19.4 Å². The van der Waals surface area contributed by atoms with E-state index in [2.05, 4.69) is 15.0 Å². The molecule has 8 nitrogen and oxygen atoms in total. The fourth-order valence-corrected chi connectivity index (χ4v) is 2.92. The van der Waals surface area contributed by atoms with Gasteiger partial charge in [-0.3, -0.25) is 4.79 Å². The highest BCUT2D eigenvalue weighted by molar-refractivity contribution is 6.56. The first kappa shape index (κ1) is 18.0. The van der Waals surface area contributed by atoms with Crippen molar-refractivity contribution >= 4 is 34.8 Å². The third-order valence-corrected chi connectivity index (χ3v) is 4.01. The van der Waals surface area contributed by atoms with Gasteiger partial charge in [0.2, 0.25) is 22.9 Å². The summed E-state index contributed by atoms with van der Waals surface area (Å²) in [6, 6.07) is 6.80. The number of aliphatic imine (C=N–C) groups is 1.